The Morgan fingerprint density at radius 3 is 2.95 bits per heavy atom. The average molecular weight is 287 g/mol. The molecule has 0 saturated carbocycles. The Bertz CT molecular complexity index is 650. The fourth-order valence-electron chi connectivity index (χ4n) is 3.13. The number of aliphatic hydroxyl groups is 1. The van der Waals surface area contributed by atoms with Gasteiger partial charge in [0.05, 0.1) is 17.7 Å². The number of hydrogen-bond acceptors (Lipinski definition) is 3. The Morgan fingerprint density at radius 1 is 1.38 bits per heavy atom. The number of hydrogen-bond donors (Lipinski definition) is 1. The van der Waals surface area contributed by atoms with Gasteiger partial charge in [0.2, 0.25) is 5.91 Å². The number of aliphatic hydroxyl groups excluding tert-OH is 1. The standard InChI is InChI=1S/C16H21N3O2/c1-2-5-12-8-9-18(16(12)21)11-19-14-7-4-3-6-13(14)17-15(19)10-20/h3-4,6-7,12,20H,2,5,8-11H2,1H3. The van der Waals surface area contributed by atoms with Crippen molar-refractivity contribution in [2.75, 3.05) is 6.54 Å². The van der Waals surface area contributed by atoms with E-state index in [1.807, 2.05) is 33.7 Å². The Hall–Kier alpha value is -1.88. The van der Waals surface area contributed by atoms with E-state index in [4.69, 9.17) is 0 Å². The predicted octanol–water partition coefficient (Wildman–Crippen LogP) is 2.13. The number of benzene rings is 1. The summed E-state index contributed by atoms with van der Waals surface area (Å²) in [7, 11) is 0. The van der Waals surface area contributed by atoms with Crippen LogP contribution in [0, 0.1) is 5.92 Å². The number of carbonyl (C=O) groups is 1. The van der Waals surface area contributed by atoms with Crippen molar-refractivity contribution in [1.29, 1.82) is 0 Å². The number of amides is 1. The van der Waals surface area contributed by atoms with Crippen LogP contribution < -0.4 is 0 Å². The van der Waals surface area contributed by atoms with Crippen LogP contribution >= 0.6 is 0 Å². The molecule has 0 radical (unpaired) electrons. The van der Waals surface area contributed by atoms with Gasteiger partial charge in [-0.05, 0) is 25.0 Å². The van der Waals surface area contributed by atoms with Gasteiger partial charge in [-0.1, -0.05) is 25.5 Å². The van der Waals surface area contributed by atoms with Gasteiger partial charge in [0.15, 0.2) is 0 Å². The summed E-state index contributed by atoms with van der Waals surface area (Å²) in [5, 5.41) is 9.51. The van der Waals surface area contributed by atoms with Crippen molar-refractivity contribution in [2.45, 2.75) is 39.5 Å². The molecule has 0 bridgehead atoms. The van der Waals surface area contributed by atoms with Crippen LogP contribution in [0.5, 0.6) is 0 Å². The number of aromatic nitrogens is 2. The summed E-state index contributed by atoms with van der Waals surface area (Å²) >= 11 is 0. The van der Waals surface area contributed by atoms with Gasteiger partial charge in [-0.3, -0.25) is 4.79 Å². The van der Waals surface area contributed by atoms with E-state index in [1.54, 1.807) is 0 Å². The molecule has 21 heavy (non-hydrogen) atoms. The van der Waals surface area contributed by atoms with E-state index in [1.165, 1.54) is 0 Å². The van der Waals surface area contributed by atoms with Crippen molar-refractivity contribution in [3.05, 3.63) is 30.1 Å². The molecule has 1 unspecified atom stereocenters. The number of rotatable bonds is 5. The summed E-state index contributed by atoms with van der Waals surface area (Å²) in [5.74, 6) is 1.02. The maximum absolute atomic E-state index is 12.4. The van der Waals surface area contributed by atoms with Crippen LogP contribution in [0.15, 0.2) is 24.3 Å². The lowest BCUT2D eigenvalue weighted by atomic mass is 10.0. The smallest absolute Gasteiger partial charge is 0.227 e. The van der Waals surface area contributed by atoms with Crippen LogP contribution in [0.25, 0.3) is 11.0 Å². The predicted molar refractivity (Wildman–Crippen MR) is 80.4 cm³/mol. The molecule has 5 heteroatoms. The number of nitrogens with zero attached hydrogens (tertiary/aromatic N) is 3. The molecule has 1 aromatic heterocycles. The highest BCUT2D eigenvalue weighted by atomic mass is 16.3. The summed E-state index contributed by atoms with van der Waals surface area (Å²) in [5.41, 5.74) is 1.83. The first-order valence-corrected chi connectivity index (χ1v) is 7.58. The molecule has 1 atom stereocenters. The molecule has 2 heterocycles. The fourth-order valence-corrected chi connectivity index (χ4v) is 3.13. The second-order valence-corrected chi connectivity index (χ2v) is 5.62. The van der Waals surface area contributed by atoms with Gasteiger partial charge in [0.1, 0.15) is 12.4 Å². The zero-order chi connectivity index (χ0) is 14.8. The van der Waals surface area contributed by atoms with Crippen LogP contribution in [0.4, 0.5) is 0 Å². The molecule has 2 aromatic rings. The van der Waals surface area contributed by atoms with E-state index < -0.39 is 0 Å². The second-order valence-electron chi connectivity index (χ2n) is 5.62. The number of imidazole rings is 1. The maximum atomic E-state index is 12.4. The van der Waals surface area contributed by atoms with Gasteiger partial charge in [0, 0.05) is 12.5 Å². The van der Waals surface area contributed by atoms with Gasteiger partial charge in [0.25, 0.3) is 0 Å². The van der Waals surface area contributed by atoms with E-state index in [9.17, 15) is 9.90 Å². The Kier molecular flexibility index (Phi) is 3.92. The molecule has 0 spiro atoms. The lowest BCUT2D eigenvalue weighted by Crippen LogP contribution is -2.30. The van der Waals surface area contributed by atoms with E-state index in [2.05, 4.69) is 11.9 Å². The molecule has 1 saturated heterocycles. The third-order valence-electron chi connectivity index (χ3n) is 4.23. The molecular weight excluding hydrogens is 266 g/mol. The summed E-state index contributed by atoms with van der Waals surface area (Å²) in [6.45, 7) is 3.27. The highest BCUT2D eigenvalue weighted by Gasteiger charge is 2.31. The fraction of sp³-hybridized carbons (Fsp3) is 0.500. The molecule has 5 nitrogen and oxygen atoms in total. The third kappa shape index (κ3) is 2.53. The highest BCUT2D eigenvalue weighted by Crippen LogP contribution is 2.25. The summed E-state index contributed by atoms with van der Waals surface area (Å²) in [6.07, 6.45) is 2.95. The average Bonchev–Trinajstić information content (AvgIpc) is 3.03. The summed E-state index contributed by atoms with van der Waals surface area (Å²) in [6, 6.07) is 7.79. The molecule has 0 aliphatic carbocycles. The first kappa shape index (κ1) is 14.1. The quantitative estimate of drug-likeness (QED) is 0.916. The summed E-state index contributed by atoms with van der Waals surface area (Å²) in [4.78, 5) is 18.7. The van der Waals surface area contributed by atoms with Gasteiger partial charge < -0.3 is 14.6 Å². The van der Waals surface area contributed by atoms with E-state index in [0.717, 1.165) is 36.8 Å². The highest BCUT2D eigenvalue weighted by molar-refractivity contribution is 5.81. The molecule has 1 aliphatic rings. The minimum atomic E-state index is -0.116. The van der Waals surface area contributed by atoms with Crippen LogP contribution in [0.3, 0.4) is 0 Å². The second kappa shape index (κ2) is 5.85. The van der Waals surface area contributed by atoms with Gasteiger partial charge in [-0.25, -0.2) is 4.98 Å². The lowest BCUT2D eigenvalue weighted by Gasteiger charge is -2.19. The zero-order valence-electron chi connectivity index (χ0n) is 12.3. The van der Waals surface area contributed by atoms with E-state index in [-0.39, 0.29) is 18.4 Å². The third-order valence-corrected chi connectivity index (χ3v) is 4.23. The van der Waals surface area contributed by atoms with Crippen molar-refractivity contribution >= 4 is 16.9 Å². The Labute approximate surface area is 124 Å². The Balaban J connectivity index is 1.87. The normalized spacial score (nSPS) is 18.9. The van der Waals surface area contributed by atoms with Crippen molar-refractivity contribution in [1.82, 2.24) is 14.5 Å². The maximum Gasteiger partial charge on any atom is 0.227 e. The van der Waals surface area contributed by atoms with Crippen molar-refractivity contribution < 1.29 is 9.90 Å². The minimum absolute atomic E-state index is 0.116. The minimum Gasteiger partial charge on any atom is -0.388 e. The van der Waals surface area contributed by atoms with Crippen LogP contribution in [0.2, 0.25) is 0 Å². The topological polar surface area (TPSA) is 58.4 Å². The van der Waals surface area contributed by atoms with E-state index >= 15 is 0 Å². The number of para-hydroxylation sites is 2. The monoisotopic (exact) mass is 287 g/mol. The number of fused-ring (bicyclic) bond motifs is 1. The van der Waals surface area contributed by atoms with E-state index in [0.29, 0.717) is 12.5 Å². The first-order chi connectivity index (χ1) is 10.2. The molecule has 1 fully saturated rings. The summed E-state index contributed by atoms with van der Waals surface area (Å²) < 4.78 is 1.95. The van der Waals surface area contributed by atoms with Crippen molar-refractivity contribution in [3.8, 4) is 0 Å². The first-order valence-electron chi connectivity index (χ1n) is 7.58. The van der Waals surface area contributed by atoms with Gasteiger partial charge in [-0.15, -0.1) is 0 Å². The molecular formula is C16H21N3O2. The van der Waals surface area contributed by atoms with Crippen molar-refractivity contribution in [2.24, 2.45) is 5.92 Å². The van der Waals surface area contributed by atoms with Crippen LogP contribution in [0.1, 0.15) is 32.0 Å². The lowest BCUT2D eigenvalue weighted by molar-refractivity contribution is -0.132. The van der Waals surface area contributed by atoms with Crippen LogP contribution in [-0.2, 0) is 18.1 Å². The molecule has 3 rings (SSSR count). The Morgan fingerprint density at radius 2 is 2.19 bits per heavy atom. The zero-order valence-corrected chi connectivity index (χ0v) is 12.3. The molecule has 112 valence electrons. The number of likely N-dealkylation sites (tertiary alicyclic amines) is 1. The molecule has 1 amide bonds. The van der Waals surface area contributed by atoms with Gasteiger partial charge >= 0.3 is 0 Å². The molecule has 1 aliphatic heterocycles. The number of carbonyl (C=O) groups excluding carboxylic acids is 1. The van der Waals surface area contributed by atoms with Crippen LogP contribution in [-0.4, -0.2) is 32.0 Å². The van der Waals surface area contributed by atoms with Gasteiger partial charge in [-0.2, -0.15) is 0 Å². The molecule has 1 aromatic carbocycles. The SMILES string of the molecule is CCCC1CCN(Cn2c(CO)nc3ccccc32)C1=O. The molecule has 1 N–H and O–H groups in total. The largest absolute Gasteiger partial charge is 0.388 e. The van der Waals surface area contributed by atoms with Crippen molar-refractivity contribution in [3.63, 3.8) is 0 Å².